The number of aromatic nitrogens is 6. The maximum absolute atomic E-state index is 10.4. The largest absolute Gasteiger partial charge is 0.385 e. The number of aliphatic hydroxyl groups is 1. The van der Waals surface area contributed by atoms with Gasteiger partial charge in [0.2, 0.25) is 0 Å². The Balaban J connectivity index is 2.00. The molecular weight excluding hydrogens is 320 g/mol. The maximum atomic E-state index is 10.4. The second kappa shape index (κ2) is 7.28. The third kappa shape index (κ3) is 3.54. The molecule has 0 aliphatic heterocycles. The van der Waals surface area contributed by atoms with Crippen LogP contribution in [0.25, 0.3) is 17.0 Å². The number of pyridine rings is 1. The zero-order valence-corrected chi connectivity index (χ0v) is 15.0. The molecule has 0 saturated carbocycles. The Bertz CT molecular complexity index is 854. The highest BCUT2D eigenvalue weighted by atomic mass is 16.5. The van der Waals surface area contributed by atoms with E-state index in [-0.39, 0.29) is 5.92 Å². The van der Waals surface area contributed by atoms with Crippen molar-refractivity contribution in [2.24, 2.45) is 5.92 Å². The van der Waals surface area contributed by atoms with E-state index in [2.05, 4.69) is 20.3 Å². The molecule has 0 saturated heterocycles. The Morgan fingerprint density at radius 3 is 2.76 bits per heavy atom. The molecule has 0 amide bonds. The van der Waals surface area contributed by atoms with Gasteiger partial charge < -0.3 is 9.84 Å². The van der Waals surface area contributed by atoms with Gasteiger partial charge in [-0.15, -0.1) is 10.2 Å². The maximum Gasteiger partial charge on any atom is 0.166 e. The third-order valence-electron chi connectivity index (χ3n) is 4.01. The molecule has 25 heavy (non-hydrogen) atoms. The van der Waals surface area contributed by atoms with Crippen molar-refractivity contribution in [3.63, 3.8) is 0 Å². The molecule has 0 aliphatic rings. The summed E-state index contributed by atoms with van der Waals surface area (Å²) in [6.07, 6.45) is 1.22. The van der Waals surface area contributed by atoms with Crippen molar-refractivity contribution >= 4 is 5.65 Å². The van der Waals surface area contributed by atoms with Gasteiger partial charge >= 0.3 is 0 Å². The summed E-state index contributed by atoms with van der Waals surface area (Å²) < 4.78 is 9.08. The van der Waals surface area contributed by atoms with E-state index in [1.807, 2.05) is 55.1 Å². The van der Waals surface area contributed by atoms with Gasteiger partial charge in [0.1, 0.15) is 11.9 Å². The average Bonchev–Trinajstić information content (AvgIpc) is 3.17. The molecule has 0 spiro atoms. The van der Waals surface area contributed by atoms with E-state index in [0.29, 0.717) is 37.1 Å². The van der Waals surface area contributed by atoms with Crippen molar-refractivity contribution in [1.29, 1.82) is 0 Å². The second-order valence-corrected chi connectivity index (χ2v) is 6.30. The summed E-state index contributed by atoms with van der Waals surface area (Å²) in [6.45, 7) is 9.61. The van der Waals surface area contributed by atoms with Crippen LogP contribution in [0.5, 0.6) is 0 Å². The molecule has 1 atom stereocenters. The minimum atomic E-state index is -0.678. The lowest BCUT2D eigenvalue weighted by molar-refractivity contribution is 0.116. The molecule has 3 aromatic heterocycles. The molecule has 0 radical (unpaired) electrons. The lowest BCUT2D eigenvalue weighted by atomic mass is 10.1. The number of rotatable bonds is 7. The number of fused-ring (bicyclic) bond motifs is 1. The first-order valence-corrected chi connectivity index (χ1v) is 8.53. The van der Waals surface area contributed by atoms with E-state index >= 15 is 0 Å². The Kier molecular flexibility index (Phi) is 5.10. The first kappa shape index (κ1) is 17.5. The Hall–Kier alpha value is -2.32. The summed E-state index contributed by atoms with van der Waals surface area (Å²) in [4.78, 5) is 4.54. The zero-order valence-electron chi connectivity index (χ0n) is 15.0. The highest BCUT2D eigenvalue weighted by Crippen LogP contribution is 2.23. The first-order valence-electron chi connectivity index (χ1n) is 8.53. The molecule has 3 rings (SSSR count). The summed E-state index contributed by atoms with van der Waals surface area (Å²) >= 11 is 0. The van der Waals surface area contributed by atoms with Crippen LogP contribution in [0.15, 0.2) is 18.3 Å². The highest BCUT2D eigenvalue weighted by molar-refractivity contribution is 5.58. The summed E-state index contributed by atoms with van der Waals surface area (Å²) in [5, 5.41) is 23.1. The summed E-state index contributed by atoms with van der Waals surface area (Å²) in [5.74, 6) is 2.05. The van der Waals surface area contributed by atoms with Gasteiger partial charge in [-0.05, 0) is 31.9 Å². The van der Waals surface area contributed by atoms with Crippen LogP contribution in [0.4, 0.5) is 0 Å². The third-order valence-corrected chi connectivity index (χ3v) is 4.01. The average molecular weight is 344 g/mol. The van der Waals surface area contributed by atoms with E-state index < -0.39 is 6.10 Å². The topological polar surface area (TPSA) is 90.4 Å². The number of hydrogen-bond donors (Lipinski definition) is 1. The molecular formula is C17H24N6O2. The van der Waals surface area contributed by atoms with E-state index in [0.717, 1.165) is 11.4 Å². The van der Waals surface area contributed by atoms with Crippen molar-refractivity contribution in [3.05, 3.63) is 30.0 Å². The van der Waals surface area contributed by atoms with Gasteiger partial charge in [0.25, 0.3) is 0 Å². The highest BCUT2D eigenvalue weighted by Gasteiger charge is 2.20. The van der Waals surface area contributed by atoms with Gasteiger partial charge in [-0.3, -0.25) is 4.40 Å². The normalized spacial score (nSPS) is 13.0. The number of ether oxygens (including phenoxy) is 1. The van der Waals surface area contributed by atoms with Gasteiger partial charge in [-0.2, -0.15) is 5.10 Å². The van der Waals surface area contributed by atoms with Crippen molar-refractivity contribution in [2.45, 2.75) is 40.3 Å². The molecule has 3 heterocycles. The van der Waals surface area contributed by atoms with Crippen LogP contribution in [0.2, 0.25) is 0 Å². The van der Waals surface area contributed by atoms with Crippen LogP contribution in [0.3, 0.4) is 0 Å². The lowest BCUT2D eigenvalue weighted by Gasteiger charge is -2.13. The SMILES string of the molecule is CCOCCn1nc(C)nc1-c1ccc2nnc(C(O)C(C)C)n2c1. The molecule has 0 fully saturated rings. The monoisotopic (exact) mass is 344 g/mol. The molecule has 0 bridgehead atoms. The minimum absolute atomic E-state index is 0.0492. The Morgan fingerprint density at radius 1 is 1.24 bits per heavy atom. The van der Waals surface area contributed by atoms with Crippen molar-refractivity contribution in [2.75, 3.05) is 13.2 Å². The molecule has 1 unspecified atom stereocenters. The van der Waals surface area contributed by atoms with Gasteiger partial charge in [-0.25, -0.2) is 9.67 Å². The van der Waals surface area contributed by atoms with Crippen LogP contribution >= 0.6 is 0 Å². The fraction of sp³-hybridized carbons (Fsp3) is 0.529. The Labute approximate surface area is 146 Å². The minimum Gasteiger partial charge on any atom is -0.385 e. The zero-order chi connectivity index (χ0) is 18.0. The standard InChI is InChI=1S/C17H24N6O2/c1-5-25-9-8-23-16(18-12(4)21-23)13-6-7-14-19-20-17(22(14)10-13)15(24)11(2)3/h6-7,10-11,15,24H,5,8-9H2,1-4H3. The molecule has 134 valence electrons. The summed E-state index contributed by atoms with van der Waals surface area (Å²) in [5.41, 5.74) is 1.58. The van der Waals surface area contributed by atoms with E-state index in [4.69, 9.17) is 4.74 Å². The second-order valence-electron chi connectivity index (χ2n) is 6.30. The molecule has 8 heteroatoms. The lowest BCUT2D eigenvalue weighted by Crippen LogP contribution is -2.11. The first-order chi connectivity index (χ1) is 12.0. The fourth-order valence-corrected chi connectivity index (χ4v) is 2.66. The van der Waals surface area contributed by atoms with Crippen LogP contribution in [-0.4, -0.2) is 47.7 Å². The van der Waals surface area contributed by atoms with E-state index in [9.17, 15) is 5.11 Å². The predicted molar refractivity (Wildman–Crippen MR) is 93.0 cm³/mol. The van der Waals surface area contributed by atoms with Gasteiger partial charge in [0.15, 0.2) is 17.3 Å². The Morgan fingerprint density at radius 2 is 2.04 bits per heavy atom. The smallest absolute Gasteiger partial charge is 0.166 e. The van der Waals surface area contributed by atoms with Crippen LogP contribution < -0.4 is 0 Å². The van der Waals surface area contributed by atoms with Gasteiger partial charge in [0.05, 0.1) is 13.2 Å². The number of aliphatic hydroxyl groups excluding tert-OH is 1. The summed E-state index contributed by atoms with van der Waals surface area (Å²) in [7, 11) is 0. The van der Waals surface area contributed by atoms with Crippen molar-refractivity contribution in [1.82, 2.24) is 29.4 Å². The predicted octanol–water partition coefficient (Wildman–Crippen LogP) is 2.02. The molecule has 1 N–H and O–H groups in total. The van der Waals surface area contributed by atoms with Gasteiger partial charge in [0, 0.05) is 18.4 Å². The van der Waals surface area contributed by atoms with Crippen LogP contribution in [0, 0.1) is 12.8 Å². The van der Waals surface area contributed by atoms with Crippen LogP contribution in [0.1, 0.15) is 38.5 Å². The van der Waals surface area contributed by atoms with Crippen LogP contribution in [-0.2, 0) is 11.3 Å². The molecule has 0 aliphatic carbocycles. The molecule has 3 aromatic rings. The molecule has 0 aromatic carbocycles. The number of hydrogen-bond acceptors (Lipinski definition) is 6. The summed E-state index contributed by atoms with van der Waals surface area (Å²) in [6, 6.07) is 3.81. The van der Waals surface area contributed by atoms with E-state index in [1.54, 1.807) is 0 Å². The number of aryl methyl sites for hydroxylation is 1. The van der Waals surface area contributed by atoms with Crippen molar-refractivity contribution in [3.8, 4) is 11.4 Å². The fourth-order valence-electron chi connectivity index (χ4n) is 2.66. The van der Waals surface area contributed by atoms with E-state index in [1.165, 1.54) is 0 Å². The quantitative estimate of drug-likeness (QED) is 0.660. The molecule has 8 nitrogen and oxygen atoms in total. The number of nitrogens with zero attached hydrogens (tertiary/aromatic N) is 6. The van der Waals surface area contributed by atoms with Crippen molar-refractivity contribution < 1.29 is 9.84 Å². The van der Waals surface area contributed by atoms with Gasteiger partial charge in [-0.1, -0.05) is 13.8 Å².